The van der Waals surface area contributed by atoms with Crippen molar-refractivity contribution in [2.45, 2.75) is 26.9 Å². The highest BCUT2D eigenvalue weighted by atomic mass is 15.1. The van der Waals surface area contributed by atoms with Gasteiger partial charge in [0.2, 0.25) is 0 Å². The van der Waals surface area contributed by atoms with E-state index in [0.29, 0.717) is 6.54 Å². The number of hydrogen-bond donors (Lipinski definition) is 1. The molecule has 0 bridgehead atoms. The van der Waals surface area contributed by atoms with E-state index in [9.17, 15) is 0 Å². The van der Waals surface area contributed by atoms with E-state index in [1.165, 1.54) is 16.8 Å². The van der Waals surface area contributed by atoms with Crippen molar-refractivity contribution in [3.8, 4) is 0 Å². The van der Waals surface area contributed by atoms with Crippen molar-refractivity contribution in [1.82, 2.24) is 4.98 Å². The van der Waals surface area contributed by atoms with Gasteiger partial charge in [-0.3, -0.25) is 4.98 Å². The minimum absolute atomic E-state index is 0.558. The summed E-state index contributed by atoms with van der Waals surface area (Å²) in [7, 11) is 2.08. The van der Waals surface area contributed by atoms with Crippen LogP contribution in [0.1, 0.15) is 22.5 Å². The molecule has 0 saturated heterocycles. The Labute approximate surface area is 115 Å². The first-order chi connectivity index (χ1) is 9.10. The number of pyridine rings is 1. The lowest BCUT2D eigenvalue weighted by Crippen LogP contribution is -2.19. The van der Waals surface area contributed by atoms with E-state index in [0.717, 1.165) is 17.9 Å². The summed E-state index contributed by atoms with van der Waals surface area (Å²) in [5.41, 5.74) is 11.6. The maximum atomic E-state index is 5.83. The second-order valence-electron chi connectivity index (χ2n) is 4.96. The fourth-order valence-electron chi connectivity index (χ4n) is 2.27. The highest BCUT2D eigenvalue weighted by Crippen LogP contribution is 2.21. The molecule has 3 nitrogen and oxygen atoms in total. The topological polar surface area (TPSA) is 42.2 Å². The van der Waals surface area contributed by atoms with Gasteiger partial charge in [0.25, 0.3) is 0 Å². The van der Waals surface area contributed by atoms with E-state index < -0.39 is 0 Å². The van der Waals surface area contributed by atoms with E-state index >= 15 is 0 Å². The minimum Gasteiger partial charge on any atom is -0.368 e. The highest BCUT2D eigenvalue weighted by Gasteiger charge is 2.08. The van der Waals surface area contributed by atoms with Gasteiger partial charge in [0.05, 0.1) is 12.2 Å². The lowest BCUT2D eigenvalue weighted by Gasteiger charge is -2.22. The van der Waals surface area contributed by atoms with Gasteiger partial charge < -0.3 is 10.6 Å². The Kier molecular flexibility index (Phi) is 4.17. The molecular formula is C16H21N3. The van der Waals surface area contributed by atoms with E-state index in [1.54, 1.807) is 0 Å². The van der Waals surface area contributed by atoms with Crippen LogP contribution in [0.4, 0.5) is 5.69 Å². The van der Waals surface area contributed by atoms with Crippen LogP contribution >= 0.6 is 0 Å². The molecule has 0 unspecified atom stereocenters. The molecule has 0 spiro atoms. The number of aromatic nitrogens is 1. The Morgan fingerprint density at radius 1 is 1.16 bits per heavy atom. The molecule has 1 heterocycles. The van der Waals surface area contributed by atoms with Crippen LogP contribution in [0, 0.1) is 13.8 Å². The van der Waals surface area contributed by atoms with Crippen LogP contribution in [-0.4, -0.2) is 12.0 Å². The fraction of sp³-hybridized carbons (Fsp3) is 0.312. The van der Waals surface area contributed by atoms with Crippen LogP contribution in [0.25, 0.3) is 0 Å². The van der Waals surface area contributed by atoms with Crippen molar-refractivity contribution in [3.63, 3.8) is 0 Å². The van der Waals surface area contributed by atoms with Crippen molar-refractivity contribution in [2.24, 2.45) is 5.73 Å². The molecule has 100 valence electrons. The van der Waals surface area contributed by atoms with Gasteiger partial charge in [-0.15, -0.1) is 0 Å². The third-order valence-electron chi connectivity index (χ3n) is 3.21. The van der Waals surface area contributed by atoms with Gasteiger partial charge in [-0.25, -0.2) is 0 Å². The smallest absolute Gasteiger partial charge is 0.0600 e. The Bertz CT molecular complexity index is 564. The van der Waals surface area contributed by atoms with Crippen LogP contribution < -0.4 is 10.6 Å². The Morgan fingerprint density at radius 3 is 2.63 bits per heavy atom. The number of benzene rings is 1. The molecule has 0 atom stereocenters. The molecule has 0 amide bonds. The lowest BCUT2D eigenvalue weighted by molar-refractivity contribution is 0.865. The van der Waals surface area contributed by atoms with Crippen molar-refractivity contribution < 1.29 is 0 Å². The number of rotatable bonds is 4. The second-order valence-corrected chi connectivity index (χ2v) is 4.96. The average molecular weight is 255 g/mol. The van der Waals surface area contributed by atoms with E-state index in [4.69, 9.17) is 5.73 Å². The van der Waals surface area contributed by atoms with E-state index in [1.807, 2.05) is 19.1 Å². The molecule has 19 heavy (non-hydrogen) atoms. The maximum absolute atomic E-state index is 5.83. The van der Waals surface area contributed by atoms with Gasteiger partial charge in [-0.1, -0.05) is 23.8 Å². The van der Waals surface area contributed by atoms with Gasteiger partial charge in [-0.2, -0.15) is 0 Å². The third-order valence-corrected chi connectivity index (χ3v) is 3.21. The predicted molar refractivity (Wildman–Crippen MR) is 80.2 cm³/mol. The summed E-state index contributed by atoms with van der Waals surface area (Å²) in [6, 6.07) is 12.5. The molecule has 2 N–H and O–H groups in total. The van der Waals surface area contributed by atoms with E-state index in [2.05, 4.69) is 48.1 Å². The zero-order valence-corrected chi connectivity index (χ0v) is 11.9. The number of aryl methyl sites for hydroxylation is 2. The number of hydrogen-bond acceptors (Lipinski definition) is 3. The molecule has 0 aliphatic rings. The molecule has 1 aromatic heterocycles. The summed E-state index contributed by atoms with van der Waals surface area (Å²) in [5, 5.41) is 0. The molecule has 1 aromatic carbocycles. The first-order valence-electron chi connectivity index (χ1n) is 6.53. The fourth-order valence-corrected chi connectivity index (χ4v) is 2.27. The molecular weight excluding hydrogens is 234 g/mol. The number of nitrogens with zero attached hydrogens (tertiary/aromatic N) is 2. The summed E-state index contributed by atoms with van der Waals surface area (Å²) in [6.45, 7) is 5.45. The number of nitrogens with two attached hydrogens (primary N) is 1. The molecule has 0 fully saturated rings. The summed E-state index contributed by atoms with van der Waals surface area (Å²) >= 11 is 0. The first-order valence-corrected chi connectivity index (χ1v) is 6.53. The predicted octanol–water partition coefficient (Wildman–Crippen LogP) is 2.79. The van der Waals surface area contributed by atoms with Crippen LogP contribution in [0.15, 0.2) is 36.4 Å². The van der Waals surface area contributed by atoms with Gasteiger partial charge in [-0.05, 0) is 37.6 Å². The second kappa shape index (κ2) is 5.85. The standard InChI is InChI=1S/C16H21N3/c1-12-7-8-16(14(9-12)10-17)19(3)11-15-6-4-5-13(2)18-15/h4-9H,10-11,17H2,1-3H3. The lowest BCUT2D eigenvalue weighted by atomic mass is 10.1. The Balaban J connectivity index is 2.22. The monoisotopic (exact) mass is 255 g/mol. The largest absolute Gasteiger partial charge is 0.368 e. The Hall–Kier alpha value is -1.87. The van der Waals surface area contributed by atoms with Gasteiger partial charge in [0.1, 0.15) is 0 Å². The quantitative estimate of drug-likeness (QED) is 0.913. The normalized spacial score (nSPS) is 10.5. The van der Waals surface area contributed by atoms with Gasteiger partial charge in [0.15, 0.2) is 0 Å². The van der Waals surface area contributed by atoms with Crippen LogP contribution in [0.5, 0.6) is 0 Å². The number of anilines is 1. The van der Waals surface area contributed by atoms with Gasteiger partial charge in [0, 0.05) is 25.0 Å². The summed E-state index contributed by atoms with van der Waals surface area (Å²) in [6.07, 6.45) is 0. The molecule has 0 aliphatic heterocycles. The zero-order chi connectivity index (χ0) is 13.8. The van der Waals surface area contributed by atoms with Crippen molar-refractivity contribution in [1.29, 1.82) is 0 Å². The van der Waals surface area contributed by atoms with E-state index in [-0.39, 0.29) is 0 Å². The molecule has 2 aromatic rings. The van der Waals surface area contributed by atoms with Crippen LogP contribution in [-0.2, 0) is 13.1 Å². The Morgan fingerprint density at radius 2 is 1.95 bits per heavy atom. The molecule has 3 heteroatoms. The van der Waals surface area contributed by atoms with Crippen molar-refractivity contribution in [2.75, 3.05) is 11.9 Å². The average Bonchev–Trinajstić information content (AvgIpc) is 2.38. The SMILES string of the molecule is Cc1ccc(N(C)Cc2cccc(C)n2)c(CN)c1. The van der Waals surface area contributed by atoms with Crippen LogP contribution in [0.3, 0.4) is 0 Å². The molecule has 2 rings (SSSR count). The molecule has 0 saturated carbocycles. The van der Waals surface area contributed by atoms with Crippen molar-refractivity contribution >= 4 is 5.69 Å². The summed E-state index contributed by atoms with van der Waals surface area (Å²) < 4.78 is 0. The summed E-state index contributed by atoms with van der Waals surface area (Å²) in [5.74, 6) is 0. The molecule has 0 aliphatic carbocycles. The zero-order valence-electron chi connectivity index (χ0n) is 11.9. The molecule has 0 radical (unpaired) electrons. The summed E-state index contributed by atoms with van der Waals surface area (Å²) in [4.78, 5) is 6.74. The van der Waals surface area contributed by atoms with Crippen molar-refractivity contribution in [3.05, 3.63) is 58.9 Å². The van der Waals surface area contributed by atoms with Crippen LogP contribution in [0.2, 0.25) is 0 Å². The minimum atomic E-state index is 0.558. The maximum Gasteiger partial charge on any atom is 0.0600 e. The first kappa shape index (κ1) is 13.6. The third kappa shape index (κ3) is 3.32. The van der Waals surface area contributed by atoms with Gasteiger partial charge >= 0.3 is 0 Å². The highest BCUT2D eigenvalue weighted by molar-refractivity contribution is 5.54.